The number of nitrogens with one attached hydrogen (secondary N) is 1. The summed E-state index contributed by atoms with van der Waals surface area (Å²) in [6.45, 7) is 7.06. The first-order valence-electron chi connectivity index (χ1n) is 13.6. The van der Waals surface area contributed by atoms with Gasteiger partial charge < -0.3 is 15.0 Å². The first-order chi connectivity index (χ1) is 19.5. The predicted molar refractivity (Wildman–Crippen MR) is 163 cm³/mol. The van der Waals surface area contributed by atoms with Gasteiger partial charge in [-0.25, -0.2) is 8.42 Å². The lowest BCUT2D eigenvalue weighted by Gasteiger charge is -2.34. The molecule has 0 heterocycles. The molecule has 8 nitrogen and oxygen atoms in total. The summed E-state index contributed by atoms with van der Waals surface area (Å²) < 4.78 is 34.6. The van der Waals surface area contributed by atoms with Crippen molar-refractivity contribution in [2.45, 2.75) is 64.1 Å². The zero-order chi connectivity index (χ0) is 30.2. The van der Waals surface area contributed by atoms with Crippen molar-refractivity contribution in [3.05, 3.63) is 88.9 Å². The van der Waals surface area contributed by atoms with E-state index < -0.39 is 28.5 Å². The van der Waals surface area contributed by atoms with Crippen LogP contribution in [-0.4, -0.2) is 50.9 Å². The van der Waals surface area contributed by atoms with Crippen molar-refractivity contribution in [2.24, 2.45) is 0 Å². The van der Waals surface area contributed by atoms with E-state index in [1.807, 2.05) is 27.7 Å². The molecule has 1 N–H and O–H groups in total. The van der Waals surface area contributed by atoms with Gasteiger partial charge in [0, 0.05) is 17.6 Å². The minimum absolute atomic E-state index is 0.0298. The molecule has 220 valence electrons. The fourth-order valence-corrected chi connectivity index (χ4v) is 5.94. The molecule has 0 saturated carbocycles. The summed E-state index contributed by atoms with van der Waals surface area (Å²) in [5, 5.41) is 3.51. The number of anilines is 1. The highest BCUT2D eigenvalue weighted by atomic mass is 35.5. The molecular weight excluding hydrogens is 562 g/mol. The highest BCUT2D eigenvalue weighted by Crippen LogP contribution is 2.33. The summed E-state index contributed by atoms with van der Waals surface area (Å²) in [5.74, 6) is -0.530. The number of nitrogens with zero attached hydrogens (tertiary/aromatic N) is 2. The summed E-state index contributed by atoms with van der Waals surface area (Å²) in [6.07, 6.45) is 1.06. The average molecular weight is 600 g/mol. The maximum Gasteiger partial charge on any atom is 0.264 e. The maximum atomic E-state index is 14.2. The third-order valence-corrected chi connectivity index (χ3v) is 8.89. The molecule has 3 aromatic carbocycles. The first kappa shape index (κ1) is 32.0. The topological polar surface area (TPSA) is 96.0 Å². The van der Waals surface area contributed by atoms with Crippen LogP contribution < -0.4 is 14.4 Å². The highest BCUT2D eigenvalue weighted by molar-refractivity contribution is 7.92. The van der Waals surface area contributed by atoms with Crippen LogP contribution in [0.3, 0.4) is 0 Å². The van der Waals surface area contributed by atoms with Gasteiger partial charge >= 0.3 is 0 Å². The molecule has 0 fully saturated rings. The zero-order valence-corrected chi connectivity index (χ0v) is 25.7. The van der Waals surface area contributed by atoms with E-state index in [2.05, 4.69) is 5.32 Å². The molecule has 2 amide bonds. The normalized spacial score (nSPS) is 12.7. The first-order valence-corrected chi connectivity index (χ1v) is 15.4. The van der Waals surface area contributed by atoms with Gasteiger partial charge in [-0.3, -0.25) is 13.9 Å². The number of aryl methyl sites for hydroxylation is 1. The number of carbonyl (C=O) groups is 2. The van der Waals surface area contributed by atoms with Crippen molar-refractivity contribution in [3.63, 3.8) is 0 Å². The van der Waals surface area contributed by atoms with Gasteiger partial charge in [-0.05, 0) is 74.2 Å². The number of benzene rings is 3. The molecule has 0 aliphatic carbocycles. The van der Waals surface area contributed by atoms with Gasteiger partial charge in [0.1, 0.15) is 18.3 Å². The summed E-state index contributed by atoms with van der Waals surface area (Å²) in [4.78, 5) is 29.0. The Labute approximate surface area is 248 Å². The summed E-state index contributed by atoms with van der Waals surface area (Å²) in [7, 11) is -2.75. The molecule has 0 aliphatic heterocycles. The quantitative estimate of drug-likeness (QED) is 0.277. The number of methoxy groups -OCH3 is 1. The van der Waals surface area contributed by atoms with Gasteiger partial charge in [0.15, 0.2) is 0 Å². The second-order valence-corrected chi connectivity index (χ2v) is 12.2. The van der Waals surface area contributed by atoms with Crippen molar-refractivity contribution in [2.75, 3.05) is 18.0 Å². The predicted octanol–water partition coefficient (Wildman–Crippen LogP) is 5.57. The van der Waals surface area contributed by atoms with Gasteiger partial charge in [0.25, 0.3) is 10.0 Å². The van der Waals surface area contributed by atoms with Gasteiger partial charge in [0.05, 0.1) is 17.7 Å². The second-order valence-electron chi connectivity index (χ2n) is 9.89. The van der Waals surface area contributed by atoms with Crippen LogP contribution >= 0.6 is 11.6 Å². The Balaban J connectivity index is 2.11. The van der Waals surface area contributed by atoms with Crippen LogP contribution in [0.15, 0.2) is 77.7 Å². The number of hydrogen-bond acceptors (Lipinski definition) is 5. The number of carbonyl (C=O) groups excluding carboxylic acids is 2. The monoisotopic (exact) mass is 599 g/mol. The molecule has 3 rings (SSSR count). The van der Waals surface area contributed by atoms with Crippen molar-refractivity contribution in [1.82, 2.24) is 10.2 Å². The van der Waals surface area contributed by atoms with Crippen molar-refractivity contribution >= 4 is 39.1 Å². The Morgan fingerprint density at radius 3 is 2.22 bits per heavy atom. The third-order valence-electron chi connectivity index (χ3n) is 6.87. The zero-order valence-electron chi connectivity index (χ0n) is 24.1. The fraction of sp³-hybridized carbons (Fsp3) is 0.355. The van der Waals surface area contributed by atoms with E-state index >= 15 is 0 Å². The van der Waals surface area contributed by atoms with Crippen LogP contribution in [0.25, 0.3) is 0 Å². The number of rotatable bonds is 13. The summed E-state index contributed by atoms with van der Waals surface area (Å²) >= 11 is 6.08. The fourth-order valence-electron chi connectivity index (χ4n) is 4.38. The lowest BCUT2D eigenvalue weighted by atomic mass is 10.1. The smallest absolute Gasteiger partial charge is 0.264 e. The minimum atomic E-state index is -4.20. The summed E-state index contributed by atoms with van der Waals surface area (Å²) in [6, 6.07) is 19.1. The Morgan fingerprint density at radius 2 is 1.63 bits per heavy atom. The van der Waals surface area contributed by atoms with Crippen LogP contribution in [0.2, 0.25) is 5.02 Å². The van der Waals surface area contributed by atoms with E-state index in [4.69, 9.17) is 16.3 Å². The highest BCUT2D eigenvalue weighted by Gasteiger charge is 2.35. The summed E-state index contributed by atoms with van der Waals surface area (Å²) in [5.41, 5.74) is 1.77. The lowest BCUT2D eigenvalue weighted by molar-refractivity contribution is -0.140. The van der Waals surface area contributed by atoms with E-state index in [1.54, 1.807) is 60.7 Å². The van der Waals surface area contributed by atoms with Crippen molar-refractivity contribution in [1.29, 1.82) is 0 Å². The minimum Gasteiger partial charge on any atom is -0.495 e. The number of halogens is 1. The van der Waals surface area contributed by atoms with Crippen LogP contribution in [0.4, 0.5) is 5.69 Å². The van der Waals surface area contributed by atoms with E-state index in [0.29, 0.717) is 17.2 Å². The third kappa shape index (κ3) is 8.01. The molecule has 10 heteroatoms. The van der Waals surface area contributed by atoms with Crippen molar-refractivity contribution in [3.8, 4) is 5.75 Å². The lowest BCUT2D eigenvalue weighted by Crippen LogP contribution is -2.53. The molecule has 0 saturated heterocycles. The molecule has 41 heavy (non-hydrogen) atoms. The molecular formula is C31H38ClN3O5S. The van der Waals surface area contributed by atoms with E-state index in [0.717, 1.165) is 21.9 Å². The largest absolute Gasteiger partial charge is 0.495 e. The SMILES string of the molecule is CCC(C)NC(=O)C(CC)N(Cc1ccc(Cl)cc1)C(=O)CN(c1cc(C)ccc1OC)S(=O)(=O)c1ccccc1. The van der Waals surface area contributed by atoms with Gasteiger partial charge in [-0.1, -0.05) is 61.8 Å². The van der Waals surface area contributed by atoms with E-state index in [-0.39, 0.29) is 29.1 Å². The molecule has 3 aromatic rings. The molecule has 0 bridgehead atoms. The Morgan fingerprint density at radius 1 is 0.976 bits per heavy atom. The molecule has 0 aliphatic rings. The molecule has 2 atom stereocenters. The van der Waals surface area contributed by atoms with E-state index in [9.17, 15) is 18.0 Å². The number of hydrogen-bond donors (Lipinski definition) is 1. The maximum absolute atomic E-state index is 14.2. The number of amides is 2. The Kier molecular flexibility index (Phi) is 11.2. The average Bonchev–Trinajstić information content (AvgIpc) is 2.96. The van der Waals surface area contributed by atoms with Gasteiger partial charge in [-0.15, -0.1) is 0 Å². The standard InChI is InChI=1S/C31H38ClN3O5S/c1-6-23(4)33-31(37)27(7-2)34(20-24-14-16-25(32)17-15-24)30(36)21-35(28-19-22(3)13-18-29(28)40-5)41(38,39)26-11-9-8-10-12-26/h8-19,23,27H,6-7,20-21H2,1-5H3,(H,33,37). The van der Waals surface area contributed by atoms with Crippen LogP contribution in [-0.2, 0) is 26.2 Å². The van der Waals surface area contributed by atoms with Gasteiger partial charge in [0.2, 0.25) is 11.8 Å². The van der Waals surface area contributed by atoms with E-state index in [1.165, 1.54) is 24.1 Å². The number of ether oxygens (including phenoxy) is 1. The molecule has 0 spiro atoms. The second kappa shape index (κ2) is 14.4. The number of sulfonamides is 1. The molecule has 0 aromatic heterocycles. The Hall–Kier alpha value is -3.56. The van der Waals surface area contributed by atoms with Crippen LogP contribution in [0.5, 0.6) is 5.75 Å². The molecule has 2 unspecified atom stereocenters. The Bertz CT molecular complexity index is 1430. The van der Waals surface area contributed by atoms with Gasteiger partial charge in [-0.2, -0.15) is 0 Å². The van der Waals surface area contributed by atoms with Crippen LogP contribution in [0.1, 0.15) is 44.7 Å². The van der Waals surface area contributed by atoms with Crippen LogP contribution in [0, 0.1) is 6.92 Å². The molecule has 0 radical (unpaired) electrons. The van der Waals surface area contributed by atoms with Crippen molar-refractivity contribution < 1.29 is 22.7 Å².